The van der Waals surface area contributed by atoms with E-state index in [9.17, 15) is 4.79 Å². The van der Waals surface area contributed by atoms with Crippen LogP contribution in [0.3, 0.4) is 0 Å². The minimum absolute atomic E-state index is 0.00408. The fraction of sp³-hybridized carbons (Fsp3) is 0.536. The summed E-state index contributed by atoms with van der Waals surface area (Å²) in [5.41, 5.74) is 10.6. The molecule has 8 heteroatoms. The summed E-state index contributed by atoms with van der Waals surface area (Å²) in [6.45, 7) is 11.0. The number of ether oxygens (including phenoxy) is 1. The third kappa shape index (κ3) is 4.54. The summed E-state index contributed by atoms with van der Waals surface area (Å²) in [5.74, 6) is 1.58. The first-order valence-electron chi connectivity index (χ1n) is 13.0. The molecule has 2 aliphatic rings. The van der Waals surface area contributed by atoms with Gasteiger partial charge in [-0.15, -0.1) is 0 Å². The molecule has 2 N–H and O–H groups in total. The van der Waals surface area contributed by atoms with Gasteiger partial charge in [0.1, 0.15) is 11.6 Å². The van der Waals surface area contributed by atoms with Crippen LogP contribution in [0, 0.1) is 6.92 Å². The number of hydrogen-bond donors (Lipinski definition) is 1. The molecule has 192 valence electrons. The summed E-state index contributed by atoms with van der Waals surface area (Å²) in [5, 5.41) is 4.89. The Kier molecular flexibility index (Phi) is 6.41. The van der Waals surface area contributed by atoms with Gasteiger partial charge in [-0.2, -0.15) is 5.10 Å². The highest BCUT2D eigenvalue weighted by molar-refractivity contribution is 5.97. The minimum Gasteiger partial charge on any atom is -0.496 e. The Morgan fingerprint density at radius 2 is 1.94 bits per heavy atom. The number of aryl methyl sites for hydroxylation is 1. The highest BCUT2D eigenvalue weighted by atomic mass is 16.5. The number of likely N-dealkylation sites (tertiary alicyclic amines) is 1. The van der Waals surface area contributed by atoms with Crippen molar-refractivity contribution in [1.29, 1.82) is 0 Å². The Balaban J connectivity index is 1.49. The van der Waals surface area contributed by atoms with Crippen LogP contribution < -0.4 is 15.4 Å². The molecule has 4 heterocycles. The number of hydrogen-bond acceptors (Lipinski definition) is 6. The normalized spacial score (nSPS) is 20.8. The molecule has 8 nitrogen and oxygen atoms in total. The highest BCUT2D eigenvalue weighted by Crippen LogP contribution is 2.35. The van der Waals surface area contributed by atoms with Crippen molar-refractivity contribution >= 4 is 17.4 Å². The number of nitrogens with two attached hydrogens (primary N) is 1. The van der Waals surface area contributed by atoms with Crippen molar-refractivity contribution < 1.29 is 9.53 Å². The predicted molar refractivity (Wildman–Crippen MR) is 142 cm³/mol. The second-order valence-electron chi connectivity index (χ2n) is 11.3. The van der Waals surface area contributed by atoms with Gasteiger partial charge in [0.05, 0.1) is 24.4 Å². The summed E-state index contributed by atoms with van der Waals surface area (Å²) >= 11 is 0. The molecule has 0 spiro atoms. The van der Waals surface area contributed by atoms with Crippen LogP contribution in [0.2, 0.25) is 0 Å². The molecule has 0 radical (unpaired) electrons. The van der Waals surface area contributed by atoms with Crippen LogP contribution >= 0.6 is 0 Å². The van der Waals surface area contributed by atoms with E-state index in [0.29, 0.717) is 17.9 Å². The van der Waals surface area contributed by atoms with Gasteiger partial charge in [0.2, 0.25) is 0 Å². The van der Waals surface area contributed by atoms with E-state index in [1.54, 1.807) is 7.11 Å². The first-order valence-corrected chi connectivity index (χ1v) is 13.0. The zero-order valence-corrected chi connectivity index (χ0v) is 22.1. The third-order valence-corrected chi connectivity index (χ3v) is 7.55. The van der Waals surface area contributed by atoms with Gasteiger partial charge in [0, 0.05) is 43.5 Å². The van der Waals surface area contributed by atoms with Crippen LogP contribution in [0.25, 0.3) is 5.65 Å². The Bertz CT molecular complexity index is 1280. The number of benzene rings is 1. The van der Waals surface area contributed by atoms with Crippen LogP contribution in [0.15, 0.2) is 30.5 Å². The molecular formula is C28H38N6O2. The van der Waals surface area contributed by atoms with E-state index in [4.69, 9.17) is 20.6 Å². The molecule has 1 amide bonds. The number of carbonyl (C=O) groups is 1. The molecular weight excluding hydrogens is 452 g/mol. The lowest BCUT2D eigenvalue weighted by Gasteiger charge is -2.35. The Morgan fingerprint density at radius 1 is 1.14 bits per heavy atom. The van der Waals surface area contributed by atoms with Crippen molar-refractivity contribution in [2.45, 2.75) is 70.9 Å². The molecule has 2 saturated heterocycles. The standard InChI is InChI=1S/C28H38N6O2/c1-18-16-34-25(30-26(18)32-13-11-20(29)17-32)15-22(31-34)23-8-6-7-12-33(23)27(35)21-14-19(28(2,3)4)9-10-24(21)36-5/h9-10,14-16,20,23H,6-8,11-13,17,29H2,1-5H3. The Hall–Kier alpha value is -3.13. The van der Waals surface area contributed by atoms with Crippen molar-refractivity contribution in [3.05, 3.63) is 52.8 Å². The molecule has 3 aromatic rings. The average Bonchev–Trinajstić information content (AvgIpc) is 3.47. The molecule has 2 unspecified atom stereocenters. The number of fused-ring (bicyclic) bond motifs is 1. The quantitative estimate of drug-likeness (QED) is 0.588. The number of rotatable bonds is 4. The SMILES string of the molecule is COc1ccc(C(C)(C)C)cc1C(=O)N1CCCCC1c1cc2nc(N3CCC(N)C3)c(C)cn2n1. The maximum atomic E-state index is 13.9. The lowest BCUT2D eigenvalue weighted by Crippen LogP contribution is -2.39. The summed E-state index contributed by atoms with van der Waals surface area (Å²) in [6.07, 6.45) is 5.94. The monoisotopic (exact) mass is 490 g/mol. The number of aromatic nitrogens is 3. The summed E-state index contributed by atoms with van der Waals surface area (Å²) < 4.78 is 7.46. The third-order valence-electron chi connectivity index (χ3n) is 7.55. The molecule has 5 rings (SSSR count). The number of methoxy groups -OCH3 is 1. The highest BCUT2D eigenvalue weighted by Gasteiger charge is 2.33. The number of amides is 1. The van der Waals surface area contributed by atoms with Gasteiger partial charge in [-0.1, -0.05) is 26.8 Å². The molecule has 0 bridgehead atoms. The smallest absolute Gasteiger partial charge is 0.258 e. The van der Waals surface area contributed by atoms with Crippen LogP contribution in [0.4, 0.5) is 5.82 Å². The second kappa shape index (κ2) is 9.39. The fourth-order valence-electron chi connectivity index (χ4n) is 5.46. The number of piperidine rings is 1. The van der Waals surface area contributed by atoms with Gasteiger partial charge in [0.15, 0.2) is 5.65 Å². The molecule has 2 aromatic heterocycles. The van der Waals surface area contributed by atoms with Gasteiger partial charge in [0.25, 0.3) is 5.91 Å². The molecule has 1 aromatic carbocycles. The molecule has 0 saturated carbocycles. The first-order chi connectivity index (χ1) is 17.2. The second-order valence-corrected chi connectivity index (χ2v) is 11.3. The van der Waals surface area contributed by atoms with Gasteiger partial charge >= 0.3 is 0 Å². The number of carbonyl (C=O) groups excluding carboxylic acids is 1. The van der Waals surface area contributed by atoms with E-state index in [1.165, 1.54) is 0 Å². The van der Waals surface area contributed by atoms with Crippen molar-refractivity contribution in [2.75, 3.05) is 31.6 Å². The predicted octanol–water partition coefficient (Wildman–Crippen LogP) is 4.25. The molecule has 0 aliphatic carbocycles. The number of nitrogens with zero attached hydrogens (tertiary/aromatic N) is 5. The van der Waals surface area contributed by atoms with E-state index in [1.807, 2.05) is 39.9 Å². The summed E-state index contributed by atoms with van der Waals surface area (Å²) in [7, 11) is 1.62. The van der Waals surface area contributed by atoms with Gasteiger partial charge in [-0.25, -0.2) is 9.50 Å². The van der Waals surface area contributed by atoms with Gasteiger partial charge < -0.3 is 20.3 Å². The van der Waals surface area contributed by atoms with Gasteiger partial charge in [-0.3, -0.25) is 4.79 Å². The maximum Gasteiger partial charge on any atom is 0.258 e. The average molecular weight is 491 g/mol. The van der Waals surface area contributed by atoms with Crippen LogP contribution in [-0.2, 0) is 5.41 Å². The van der Waals surface area contributed by atoms with Crippen LogP contribution in [0.5, 0.6) is 5.75 Å². The Labute approximate surface area is 213 Å². The Morgan fingerprint density at radius 3 is 2.64 bits per heavy atom. The van der Waals surface area contributed by atoms with Crippen LogP contribution in [0.1, 0.15) is 79.7 Å². The number of anilines is 1. The molecule has 2 aliphatic heterocycles. The van der Waals surface area contributed by atoms with E-state index in [-0.39, 0.29) is 23.4 Å². The molecule has 2 atom stereocenters. The van der Waals surface area contributed by atoms with Crippen LogP contribution in [-0.4, -0.2) is 58.2 Å². The van der Waals surface area contributed by atoms with Crippen molar-refractivity contribution in [2.24, 2.45) is 5.73 Å². The zero-order valence-electron chi connectivity index (χ0n) is 22.1. The van der Waals surface area contributed by atoms with Crippen molar-refractivity contribution in [3.63, 3.8) is 0 Å². The molecule has 2 fully saturated rings. The van der Waals surface area contributed by atoms with Crippen molar-refractivity contribution in [3.8, 4) is 5.75 Å². The maximum absolute atomic E-state index is 13.9. The lowest BCUT2D eigenvalue weighted by atomic mass is 9.85. The van der Waals surface area contributed by atoms with E-state index < -0.39 is 0 Å². The first kappa shape index (κ1) is 24.6. The van der Waals surface area contributed by atoms with E-state index in [0.717, 1.165) is 67.1 Å². The minimum atomic E-state index is -0.0973. The topological polar surface area (TPSA) is 89.0 Å². The largest absolute Gasteiger partial charge is 0.496 e. The molecule has 36 heavy (non-hydrogen) atoms. The summed E-state index contributed by atoms with van der Waals surface area (Å²) in [6, 6.07) is 8.09. The van der Waals surface area contributed by atoms with Crippen molar-refractivity contribution in [1.82, 2.24) is 19.5 Å². The lowest BCUT2D eigenvalue weighted by molar-refractivity contribution is 0.0602. The summed E-state index contributed by atoms with van der Waals surface area (Å²) in [4.78, 5) is 23.1. The fourth-order valence-corrected chi connectivity index (χ4v) is 5.46. The van der Waals surface area contributed by atoms with E-state index >= 15 is 0 Å². The van der Waals surface area contributed by atoms with Gasteiger partial charge in [-0.05, 0) is 55.7 Å². The zero-order chi connectivity index (χ0) is 25.6. The van der Waals surface area contributed by atoms with E-state index in [2.05, 4.69) is 32.6 Å².